The molecule has 0 aromatic heterocycles. The number of amides is 1. The van der Waals surface area contributed by atoms with Gasteiger partial charge in [-0.25, -0.2) is 0 Å². The summed E-state index contributed by atoms with van der Waals surface area (Å²) in [6, 6.07) is 0.784. The molecule has 1 amide bonds. The number of hydrogen-bond acceptors (Lipinski definition) is 3. The minimum Gasteiger partial charge on any atom is -0.378 e. The van der Waals surface area contributed by atoms with Crippen LogP contribution in [0.2, 0.25) is 0 Å². The lowest BCUT2D eigenvalue weighted by Crippen LogP contribution is -2.50. The van der Waals surface area contributed by atoms with Crippen LogP contribution in [0.4, 0.5) is 0 Å². The zero-order valence-corrected chi connectivity index (χ0v) is 8.32. The smallest absolute Gasteiger partial charge is 0.218 e. The van der Waals surface area contributed by atoms with Gasteiger partial charge < -0.3 is 10.5 Å². The topological polar surface area (TPSA) is 55.6 Å². The first-order chi connectivity index (χ1) is 6.11. The van der Waals surface area contributed by atoms with E-state index in [2.05, 4.69) is 18.7 Å². The van der Waals surface area contributed by atoms with Gasteiger partial charge in [0.05, 0.1) is 13.2 Å². The largest absolute Gasteiger partial charge is 0.378 e. The van der Waals surface area contributed by atoms with E-state index in [4.69, 9.17) is 10.5 Å². The third kappa shape index (κ3) is 2.97. The molecule has 0 radical (unpaired) electrons. The van der Waals surface area contributed by atoms with E-state index in [-0.39, 0.29) is 5.91 Å². The minimum absolute atomic E-state index is 0.231. The van der Waals surface area contributed by atoms with Crippen LogP contribution < -0.4 is 5.73 Å². The minimum atomic E-state index is -0.231. The van der Waals surface area contributed by atoms with Crippen molar-refractivity contribution in [1.29, 1.82) is 0 Å². The maximum Gasteiger partial charge on any atom is 0.218 e. The van der Waals surface area contributed by atoms with E-state index >= 15 is 0 Å². The summed E-state index contributed by atoms with van der Waals surface area (Å²) in [5, 5.41) is 0. The first-order valence-electron chi connectivity index (χ1n) is 4.73. The monoisotopic (exact) mass is 186 g/mol. The SMILES string of the molecule is CC1COCC(C)N1CCC(N)=O. The average molecular weight is 186 g/mol. The number of hydrogen-bond donors (Lipinski definition) is 1. The summed E-state index contributed by atoms with van der Waals surface area (Å²) in [5.74, 6) is -0.231. The van der Waals surface area contributed by atoms with Gasteiger partial charge in [0.15, 0.2) is 0 Å². The summed E-state index contributed by atoms with van der Waals surface area (Å²) in [4.78, 5) is 12.9. The van der Waals surface area contributed by atoms with Crippen LogP contribution in [0.1, 0.15) is 20.3 Å². The molecular formula is C9H18N2O2. The fraction of sp³-hybridized carbons (Fsp3) is 0.889. The van der Waals surface area contributed by atoms with Gasteiger partial charge in [0.2, 0.25) is 5.91 Å². The van der Waals surface area contributed by atoms with Crippen LogP contribution >= 0.6 is 0 Å². The highest BCUT2D eigenvalue weighted by Crippen LogP contribution is 2.12. The Bertz CT molecular complexity index is 174. The lowest BCUT2D eigenvalue weighted by molar-refractivity contribution is -0.119. The van der Waals surface area contributed by atoms with Gasteiger partial charge in [0.1, 0.15) is 0 Å². The number of carbonyl (C=O) groups excluding carboxylic acids is 1. The van der Waals surface area contributed by atoms with E-state index in [0.29, 0.717) is 18.5 Å². The Labute approximate surface area is 79.0 Å². The van der Waals surface area contributed by atoms with E-state index < -0.39 is 0 Å². The van der Waals surface area contributed by atoms with Crippen LogP contribution in [0, 0.1) is 0 Å². The molecule has 0 aliphatic carbocycles. The molecule has 0 spiro atoms. The Kier molecular flexibility index (Phi) is 3.69. The predicted molar refractivity (Wildman–Crippen MR) is 50.3 cm³/mol. The Hall–Kier alpha value is -0.610. The highest BCUT2D eigenvalue weighted by Gasteiger charge is 2.24. The van der Waals surface area contributed by atoms with Gasteiger partial charge in [0.25, 0.3) is 0 Å². The lowest BCUT2D eigenvalue weighted by atomic mass is 10.1. The molecule has 0 aromatic carbocycles. The van der Waals surface area contributed by atoms with E-state index in [9.17, 15) is 4.79 Å². The number of primary amides is 1. The van der Waals surface area contributed by atoms with Crippen LogP contribution in [-0.4, -0.2) is 42.6 Å². The summed E-state index contributed by atoms with van der Waals surface area (Å²) >= 11 is 0. The van der Waals surface area contributed by atoms with E-state index in [0.717, 1.165) is 19.8 Å². The molecule has 1 fully saturated rings. The standard InChI is InChI=1S/C9H18N2O2/c1-7-5-13-6-8(2)11(7)4-3-9(10)12/h7-8H,3-6H2,1-2H3,(H2,10,12). The summed E-state index contributed by atoms with van der Waals surface area (Å²) in [5.41, 5.74) is 5.10. The molecule has 1 aliphatic rings. The zero-order valence-electron chi connectivity index (χ0n) is 8.32. The maximum atomic E-state index is 10.6. The highest BCUT2D eigenvalue weighted by atomic mass is 16.5. The van der Waals surface area contributed by atoms with Crippen molar-refractivity contribution in [3.05, 3.63) is 0 Å². The van der Waals surface area contributed by atoms with Crippen molar-refractivity contribution in [3.8, 4) is 0 Å². The second-order valence-electron chi connectivity index (χ2n) is 3.69. The number of morpholine rings is 1. The second-order valence-corrected chi connectivity index (χ2v) is 3.69. The Balaban J connectivity index is 2.39. The molecule has 1 heterocycles. The first-order valence-corrected chi connectivity index (χ1v) is 4.73. The first kappa shape index (κ1) is 10.5. The van der Waals surface area contributed by atoms with Gasteiger partial charge in [-0.2, -0.15) is 0 Å². The van der Waals surface area contributed by atoms with Crippen LogP contribution in [0.5, 0.6) is 0 Å². The van der Waals surface area contributed by atoms with Gasteiger partial charge in [-0.05, 0) is 13.8 Å². The van der Waals surface area contributed by atoms with Crippen molar-refractivity contribution in [1.82, 2.24) is 4.90 Å². The fourth-order valence-corrected chi connectivity index (χ4v) is 1.72. The van der Waals surface area contributed by atoms with Gasteiger partial charge in [-0.3, -0.25) is 9.69 Å². The van der Waals surface area contributed by atoms with Gasteiger partial charge in [-0.1, -0.05) is 0 Å². The van der Waals surface area contributed by atoms with Gasteiger partial charge in [-0.15, -0.1) is 0 Å². The van der Waals surface area contributed by atoms with Crippen LogP contribution in [0.3, 0.4) is 0 Å². The Morgan fingerprint density at radius 1 is 1.46 bits per heavy atom. The molecule has 0 saturated carbocycles. The second kappa shape index (κ2) is 4.58. The number of nitrogens with two attached hydrogens (primary N) is 1. The number of ether oxygens (including phenoxy) is 1. The molecule has 4 heteroatoms. The molecule has 2 unspecified atom stereocenters. The summed E-state index contributed by atoms with van der Waals surface area (Å²) in [7, 11) is 0. The van der Waals surface area contributed by atoms with Gasteiger partial charge >= 0.3 is 0 Å². The van der Waals surface area contributed by atoms with E-state index in [1.54, 1.807) is 0 Å². The highest BCUT2D eigenvalue weighted by molar-refractivity contribution is 5.73. The molecule has 13 heavy (non-hydrogen) atoms. The summed E-state index contributed by atoms with van der Waals surface area (Å²) < 4.78 is 5.37. The van der Waals surface area contributed by atoms with Crippen molar-refractivity contribution < 1.29 is 9.53 Å². The Morgan fingerprint density at radius 3 is 2.46 bits per heavy atom. The van der Waals surface area contributed by atoms with E-state index in [1.165, 1.54) is 0 Å². The van der Waals surface area contributed by atoms with Crippen molar-refractivity contribution in [2.45, 2.75) is 32.4 Å². The van der Waals surface area contributed by atoms with Crippen LogP contribution in [0.25, 0.3) is 0 Å². The molecule has 76 valence electrons. The molecule has 0 aromatic rings. The molecular weight excluding hydrogens is 168 g/mol. The van der Waals surface area contributed by atoms with Crippen LogP contribution in [-0.2, 0) is 9.53 Å². The number of carbonyl (C=O) groups is 1. The molecule has 2 N–H and O–H groups in total. The lowest BCUT2D eigenvalue weighted by Gasteiger charge is -2.38. The molecule has 4 nitrogen and oxygen atoms in total. The quantitative estimate of drug-likeness (QED) is 0.673. The third-order valence-corrected chi connectivity index (χ3v) is 2.47. The molecule has 1 rings (SSSR count). The normalized spacial score (nSPS) is 30.3. The Morgan fingerprint density at radius 2 is 2.00 bits per heavy atom. The average Bonchev–Trinajstić information content (AvgIpc) is 2.03. The third-order valence-electron chi connectivity index (χ3n) is 2.47. The van der Waals surface area contributed by atoms with Crippen molar-refractivity contribution in [3.63, 3.8) is 0 Å². The van der Waals surface area contributed by atoms with E-state index in [1.807, 2.05) is 0 Å². The molecule has 1 saturated heterocycles. The summed E-state index contributed by atoms with van der Waals surface area (Å²) in [6.07, 6.45) is 0.439. The van der Waals surface area contributed by atoms with Crippen molar-refractivity contribution in [2.75, 3.05) is 19.8 Å². The van der Waals surface area contributed by atoms with Crippen LogP contribution in [0.15, 0.2) is 0 Å². The molecule has 2 atom stereocenters. The van der Waals surface area contributed by atoms with Gasteiger partial charge in [0, 0.05) is 25.0 Å². The van der Waals surface area contributed by atoms with Crippen molar-refractivity contribution in [2.24, 2.45) is 5.73 Å². The summed E-state index contributed by atoms with van der Waals surface area (Å²) in [6.45, 7) is 6.47. The fourth-order valence-electron chi connectivity index (χ4n) is 1.72. The predicted octanol–water partition coefficient (Wildman–Crippen LogP) is -0.0290. The zero-order chi connectivity index (χ0) is 9.84. The number of rotatable bonds is 3. The molecule has 0 bridgehead atoms. The molecule has 1 aliphatic heterocycles. The maximum absolute atomic E-state index is 10.6. The van der Waals surface area contributed by atoms with Crippen molar-refractivity contribution >= 4 is 5.91 Å². The number of nitrogens with zero attached hydrogens (tertiary/aromatic N) is 1.